The Bertz CT molecular complexity index is 667. The Balaban J connectivity index is 1.50. The van der Waals surface area contributed by atoms with Gasteiger partial charge in [-0.1, -0.05) is 62.9 Å². The van der Waals surface area contributed by atoms with Gasteiger partial charge in [0.2, 0.25) is 0 Å². The van der Waals surface area contributed by atoms with Crippen LogP contribution < -0.4 is 4.74 Å². The summed E-state index contributed by atoms with van der Waals surface area (Å²) in [5, 5.41) is 0. The molecule has 0 aliphatic heterocycles. The summed E-state index contributed by atoms with van der Waals surface area (Å²) in [4.78, 5) is 12.1. The van der Waals surface area contributed by atoms with E-state index in [2.05, 4.69) is 19.1 Å². The zero-order valence-corrected chi connectivity index (χ0v) is 15.8. The van der Waals surface area contributed by atoms with Gasteiger partial charge in [-0.2, -0.15) is 0 Å². The lowest BCUT2D eigenvalue weighted by Crippen LogP contribution is -2.13. The molecular weight excluding hydrogens is 320 g/mol. The number of benzene rings is 2. The molecule has 0 unspecified atom stereocenters. The van der Waals surface area contributed by atoms with Gasteiger partial charge in [0, 0.05) is 0 Å². The van der Waals surface area contributed by atoms with Gasteiger partial charge in [-0.3, -0.25) is 0 Å². The average Bonchev–Trinajstić information content (AvgIpc) is 2.70. The van der Waals surface area contributed by atoms with Gasteiger partial charge in [0.15, 0.2) is 0 Å². The molecule has 2 heteroatoms. The lowest BCUT2D eigenvalue weighted by Gasteiger charge is -2.29. The van der Waals surface area contributed by atoms with Crippen LogP contribution in [0.15, 0.2) is 54.6 Å². The molecule has 3 rings (SSSR count). The third kappa shape index (κ3) is 5.20. The van der Waals surface area contributed by atoms with E-state index < -0.39 is 0 Å². The van der Waals surface area contributed by atoms with Crippen molar-refractivity contribution in [3.63, 3.8) is 0 Å². The van der Waals surface area contributed by atoms with Crippen LogP contribution in [0.5, 0.6) is 5.75 Å². The summed E-state index contributed by atoms with van der Waals surface area (Å²) >= 11 is 0. The summed E-state index contributed by atoms with van der Waals surface area (Å²) < 4.78 is 5.48. The van der Waals surface area contributed by atoms with Crippen molar-refractivity contribution in [1.82, 2.24) is 0 Å². The van der Waals surface area contributed by atoms with E-state index in [9.17, 15) is 4.79 Å². The van der Waals surface area contributed by atoms with E-state index in [-0.39, 0.29) is 5.97 Å². The number of ether oxygens (including phenoxy) is 1. The number of carbonyl (C=O) groups excluding carboxylic acids is 1. The van der Waals surface area contributed by atoms with Crippen LogP contribution in [-0.4, -0.2) is 5.97 Å². The van der Waals surface area contributed by atoms with Gasteiger partial charge in [0.25, 0.3) is 0 Å². The second-order valence-electron chi connectivity index (χ2n) is 7.54. The number of esters is 1. The van der Waals surface area contributed by atoms with Gasteiger partial charge >= 0.3 is 5.97 Å². The molecule has 0 saturated heterocycles. The van der Waals surface area contributed by atoms with E-state index in [4.69, 9.17) is 4.74 Å². The molecule has 0 radical (unpaired) electrons. The van der Waals surface area contributed by atoms with Crippen LogP contribution in [0.4, 0.5) is 0 Å². The third-order valence-corrected chi connectivity index (χ3v) is 5.63. The van der Waals surface area contributed by atoms with E-state index in [1.165, 1.54) is 56.9 Å². The minimum absolute atomic E-state index is 0.300. The lowest BCUT2D eigenvalue weighted by molar-refractivity contribution is 0.0734. The van der Waals surface area contributed by atoms with Crippen LogP contribution in [-0.2, 0) is 0 Å². The van der Waals surface area contributed by atoms with E-state index in [0.29, 0.717) is 17.2 Å². The molecule has 1 saturated carbocycles. The van der Waals surface area contributed by atoms with Gasteiger partial charge in [0.05, 0.1) is 5.56 Å². The van der Waals surface area contributed by atoms with Gasteiger partial charge in [-0.05, 0) is 67.3 Å². The fraction of sp³-hybridized carbons (Fsp3) is 0.458. The summed E-state index contributed by atoms with van der Waals surface area (Å²) in [6, 6.07) is 17.3. The smallest absolute Gasteiger partial charge is 0.343 e. The quantitative estimate of drug-likeness (QED) is 0.313. The molecule has 0 amide bonds. The van der Waals surface area contributed by atoms with Crippen LogP contribution in [0.1, 0.15) is 80.1 Å². The van der Waals surface area contributed by atoms with Crippen molar-refractivity contribution in [1.29, 1.82) is 0 Å². The van der Waals surface area contributed by atoms with Gasteiger partial charge in [0.1, 0.15) is 5.75 Å². The number of unbranched alkanes of at least 4 members (excludes halogenated alkanes) is 2. The van der Waals surface area contributed by atoms with Crippen LogP contribution in [0.2, 0.25) is 0 Å². The second kappa shape index (κ2) is 9.56. The molecular formula is C24H30O2. The van der Waals surface area contributed by atoms with E-state index >= 15 is 0 Å². The highest BCUT2D eigenvalue weighted by molar-refractivity contribution is 5.90. The predicted molar refractivity (Wildman–Crippen MR) is 107 cm³/mol. The molecule has 1 aliphatic rings. The van der Waals surface area contributed by atoms with Crippen molar-refractivity contribution in [3.8, 4) is 5.75 Å². The molecule has 0 heterocycles. The predicted octanol–water partition coefficient (Wildman–Crippen LogP) is 6.76. The molecule has 138 valence electrons. The Labute approximate surface area is 157 Å². The maximum atomic E-state index is 12.1. The highest BCUT2D eigenvalue weighted by atomic mass is 16.5. The molecule has 26 heavy (non-hydrogen) atoms. The molecule has 2 nitrogen and oxygen atoms in total. The topological polar surface area (TPSA) is 26.3 Å². The zero-order chi connectivity index (χ0) is 18.2. The molecule has 0 N–H and O–H groups in total. The molecule has 0 aromatic heterocycles. The van der Waals surface area contributed by atoms with Crippen molar-refractivity contribution < 1.29 is 9.53 Å². The first-order valence-electron chi connectivity index (χ1n) is 10.1. The van der Waals surface area contributed by atoms with Gasteiger partial charge in [-0.15, -0.1) is 0 Å². The van der Waals surface area contributed by atoms with Crippen molar-refractivity contribution in [2.45, 2.75) is 64.2 Å². The summed E-state index contributed by atoms with van der Waals surface area (Å²) in [6.07, 6.45) is 10.8. The van der Waals surface area contributed by atoms with E-state index in [0.717, 1.165) is 5.92 Å². The SMILES string of the molecule is CCCCCC1CCC(c2ccc(OC(=O)c3ccccc3)cc2)CC1. The fourth-order valence-electron chi connectivity index (χ4n) is 4.02. The Kier molecular flexibility index (Phi) is 6.88. The number of hydrogen-bond acceptors (Lipinski definition) is 2. The molecule has 1 fully saturated rings. The Hall–Kier alpha value is -2.09. The van der Waals surface area contributed by atoms with Crippen LogP contribution >= 0.6 is 0 Å². The Morgan fingerprint density at radius 2 is 1.62 bits per heavy atom. The zero-order valence-electron chi connectivity index (χ0n) is 15.8. The molecule has 0 bridgehead atoms. The average molecular weight is 351 g/mol. The van der Waals surface area contributed by atoms with Crippen molar-refractivity contribution in [2.75, 3.05) is 0 Å². The summed E-state index contributed by atoms with van der Waals surface area (Å²) in [6.45, 7) is 2.28. The molecule has 0 atom stereocenters. The number of rotatable bonds is 7. The summed E-state index contributed by atoms with van der Waals surface area (Å²) in [7, 11) is 0. The highest BCUT2D eigenvalue weighted by Gasteiger charge is 2.22. The first-order valence-corrected chi connectivity index (χ1v) is 10.1. The summed E-state index contributed by atoms with van der Waals surface area (Å²) in [5.41, 5.74) is 1.97. The maximum absolute atomic E-state index is 12.1. The molecule has 2 aromatic carbocycles. The Morgan fingerprint density at radius 1 is 0.923 bits per heavy atom. The van der Waals surface area contributed by atoms with Crippen molar-refractivity contribution >= 4 is 5.97 Å². The first-order chi connectivity index (χ1) is 12.8. The minimum atomic E-state index is -0.300. The second-order valence-corrected chi connectivity index (χ2v) is 7.54. The van der Waals surface area contributed by atoms with Crippen LogP contribution in [0, 0.1) is 5.92 Å². The normalized spacial score (nSPS) is 19.9. The number of hydrogen-bond donors (Lipinski definition) is 0. The molecule has 0 spiro atoms. The standard InChI is InChI=1S/C24H30O2/c1-2-3-5-8-19-11-13-20(14-12-19)21-15-17-23(18-16-21)26-24(25)22-9-6-4-7-10-22/h4,6-7,9-10,15-20H,2-3,5,8,11-14H2,1H3. The summed E-state index contributed by atoms with van der Waals surface area (Å²) in [5.74, 6) is 1.92. The van der Waals surface area contributed by atoms with Gasteiger partial charge in [-0.25, -0.2) is 4.79 Å². The lowest BCUT2D eigenvalue weighted by atomic mass is 9.77. The van der Waals surface area contributed by atoms with Gasteiger partial charge < -0.3 is 4.74 Å². The minimum Gasteiger partial charge on any atom is -0.423 e. The highest BCUT2D eigenvalue weighted by Crippen LogP contribution is 2.38. The molecule has 2 aromatic rings. The van der Waals surface area contributed by atoms with E-state index in [1.54, 1.807) is 12.1 Å². The molecule has 1 aliphatic carbocycles. The van der Waals surface area contributed by atoms with Crippen molar-refractivity contribution in [3.05, 3.63) is 65.7 Å². The van der Waals surface area contributed by atoms with Crippen LogP contribution in [0.25, 0.3) is 0 Å². The number of carbonyl (C=O) groups is 1. The Morgan fingerprint density at radius 3 is 2.27 bits per heavy atom. The largest absolute Gasteiger partial charge is 0.423 e. The van der Waals surface area contributed by atoms with Crippen molar-refractivity contribution in [2.24, 2.45) is 5.92 Å². The van der Waals surface area contributed by atoms with Crippen LogP contribution in [0.3, 0.4) is 0 Å². The fourth-order valence-corrected chi connectivity index (χ4v) is 4.02. The third-order valence-electron chi connectivity index (χ3n) is 5.63. The van der Waals surface area contributed by atoms with E-state index in [1.807, 2.05) is 30.3 Å². The maximum Gasteiger partial charge on any atom is 0.343 e. The first kappa shape index (κ1) is 18.7. The monoisotopic (exact) mass is 350 g/mol.